The molecule has 1 saturated carbocycles. The van der Waals surface area contributed by atoms with Crippen LogP contribution in [0.15, 0.2) is 34.6 Å². The second kappa shape index (κ2) is 6.42. The fraction of sp³-hybridized carbons (Fsp3) is 0.294. The SMILES string of the molecule is NC1=N[C@@](c2cc(NC(=O)c3csc(Cl)c3)ccc2F)(C(F)F)[C@H]2C[C@H]2O1. The molecule has 0 spiro atoms. The lowest BCUT2D eigenvalue weighted by Crippen LogP contribution is -2.43. The molecule has 1 fully saturated rings. The number of amides is 1. The highest BCUT2D eigenvalue weighted by molar-refractivity contribution is 7.14. The van der Waals surface area contributed by atoms with E-state index >= 15 is 0 Å². The van der Waals surface area contributed by atoms with Gasteiger partial charge >= 0.3 is 0 Å². The van der Waals surface area contributed by atoms with E-state index in [9.17, 15) is 18.0 Å². The summed E-state index contributed by atoms with van der Waals surface area (Å²) in [6.07, 6.45) is -3.20. The van der Waals surface area contributed by atoms with Crippen molar-refractivity contribution in [3.8, 4) is 0 Å². The molecule has 0 saturated heterocycles. The number of alkyl halides is 2. The summed E-state index contributed by atoms with van der Waals surface area (Å²) < 4.78 is 48.3. The summed E-state index contributed by atoms with van der Waals surface area (Å²) in [5, 5.41) is 4.12. The lowest BCUT2D eigenvalue weighted by atomic mass is 9.84. The molecule has 1 aliphatic heterocycles. The molecule has 3 atom stereocenters. The molecule has 0 bridgehead atoms. The Hall–Kier alpha value is -2.26. The number of anilines is 1. The predicted molar refractivity (Wildman–Crippen MR) is 96.0 cm³/mol. The minimum Gasteiger partial charge on any atom is -0.462 e. The van der Waals surface area contributed by atoms with Crippen LogP contribution < -0.4 is 11.1 Å². The molecule has 0 unspecified atom stereocenters. The number of carbonyl (C=O) groups excluding carboxylic acids is 1. The lowest BCUT2D eigenvalue weighted by Gasteiger charge is -2.33. The Bertz CT molecular complexity index is 951. The number of nitrogens with two attached hydrogens (primary N) is 1. The first-order valence-corrected chi connectivity index (χ1v) is 9.22. The molecule has 3 N–H and O–H groups in total. The zero-order chi connectivity index (χ0) is 19.3. The topological polar surface area (TPSA) is 76.7 Å². The smallest absolute Gasteiger partial charge is 0.283 e. The average molecular weight is 416 g/mol. The molecule has 2 aliphatic rings. The van der Waals surface area contributed by atoms with Gasteiger partial charge in [0.15, 0.2) is 5.54 Å². The minimum atomic E-state index is -2.99. The molecule has 4 rings (SSSR count). The van der Waals surface area contributed by atoms with E-state index in [0.717, 1.165) is 6.07 Å². The fourth-order valence-corrected chi connectivity index (χ4v) is 4.20. The summed E-state index contributed by atoms with van der Waals surface area (Å²) in [6, 6.07) is 4.57. The van der Waals surface area contributed by atoms with Gasteiger partial charge in [-0.3, -0.25) is 4.79 Å². The van der Waals surface area contributed by atoms with Gasteiger partial charge in [0.05, 0.1) is 9.90 Å². The molecule has 2 aromatic rings. The number of aliphatic imine (C=N–C) groups is 1. The number of ether oxygens (including phenoxy) is 1. The maximum absolute atomic E-state index is 14.5. The highest BCUT2D eigenvalue weighted by Crippen LogP contribution is 2.56. The van der Waals surface area contributed by atoms with E-state index in [1.54, 1.807) is 5.38 Å². The zero-order valence-electron chi connectivity index (χ0n) is 13.6. The van der Waals surface area contributed by atoms with Crippen LogP contribution in [0.4, 0.5) is 18.9 Å². The van der Waals surface area contributed by atoms with Crippen LogP contribution in [0.25, 0.3) is 0 Å². The van der Waals surface area contributed by atoms with Gasteiger partial charge in [-0.2, -0.15) is 0 Å². The summed E-state index contributed by atoms with van der Waals surface area (Å²) in [6.45, 7) is 0. The van der Waals surface area contributed by atoms with Crippen molar-refractivity contribution < 1.29 is 22.7 Å². The highest BCUT2D eigenvalue weighted by atomic mass is 35.5. The van der Waals surface area contributed by atoms with Gasteiger partial charge < -0.3 is 15.8 Å². The van der Waals surface area contributed by atoms with Gasteiger partial charge in [0.25, 0.3) is 18.4 Å². The number of nitrogens with zero attached hydrogens (tertiary/aromatic N) is 1. The number of thiophene rings is 1. The monoisotopic (exact) mass is 415 g/mol. The Morgan fingerprint density at radius 2 is 2.22 bits per heavy atom. The summed E-state index contributed by atoms with van der Waals surface area (Å²) >= 11 is 6.99. The van der Waals surface area contributed by atoms with Gasteiger partial charge in [0.1, 0.15) is 11.9 Å². The molecule has 27 heavy (non-hydrogen) atoms. The number of rotatable bonds is 4. The molecule has 0 radical (unpaired) electrons. The number of amidine groups is 1. The maximum Gasteiger partial charge on any atom is 0.283 e. The first-order chi connectivity index (χ1) is 12.8. The molecular weight excluding hydrogens is 403 g/mol. The van der Waals surface area contributed by atoms with Crippen LogP contribution >= 0.6 is 22.9 Å². The summed E-state index contributed by atoms with van der Waals surface area (Å²) in [5.74, 6) is -2.02. The Labute approximate surface area is 161 Å². The number of nitrogens with one attached hydrogen (secondary N) is 1. The third-order valence-corrected chi connectivity index (χ3v) is 5.77. The molecule has 2 heterocycles. The number of hydrogen-bond acceptors (Lipinski definition) is 5. The number of benzene rings is 1. The number of carbonyl (C=O) groups is 1. The molecule has 10 heteroatoms. The zero-order valence-corrected chi connectivity index (χ0v) is 15.2. The predicted octanol–water partition coefficient (Wildman–Crippen LogP) is 3.99. The van der Waals surface area contributed by atoms with Crippen molar-refractivity contribution in [2.24, 2.45) is 16.6 Å². The Balaban J connectivity index is 1.72. The van der Waals surface area contributed by atoms with Crippen molar-refractivity contribution in [1.82, 2.24) is 0 Å². The van der Waals surface area contributed by atoms with Gasteiger partial charge in [-0.25, -0.2) is 18.2 Å². The highest BCUT2D eigenvalue weighted by Gasteiger charge is 2.64. The summed E-state index contributed by atoms with van der Waals surface area (Å²) in [5.41, 5.74) is 3.56. The molecule has 1 aromatic carbocycles. The van der Waals surface area contributed by atoms with Crippen molar-refractivity contribution in [2.45, 2.75) is 24.5 Å². The Kier molecular flexibility index (Phi) is 4.31. The van der Waals surface area contributed by atoms with Crippen LogP contribution in [0.2, 0.25) is 4.34 Å². The standard InChI is InChI=1S/C17H13ClF3N3O2S/c18-13-3-7(6-27-13)14(25)23-8-1-2-11(19)9(4-8)17(15(20)21)10-5-12(10)26-16(22)24-17/h1-4,6,10,12,15H,5H2,(H2,22,24)(H,23,25)/t10-,12+,17+/m0/s1. The van der Waals surface area contributed by atoms with Gasteiger partial charge in [-0.15, -0.1) is 11.3 Å². The molecule has 1 amide bonds. The lowest BCUT2D eigenvalue weighted by molar-refractivity contribution is 0.0177. The van der Waals surface area contributed by atoms with Crippen LogP contribution in [0.1, 0.15) is 22.3 Å². The van der Waals surface area contributed by atoms with E-state index in [-0.39, 0.29) is 11.3 Å². The molecule has 5 nitrogen and oxygen atoms in total. The van der Waals surface area contributed by atoms with Gasteiger partial charge in [0.2, 0.25) is 0 Å². The normalized spacial score (nSPS) is 26.2. The van der Waals surface area contributed by atoms with E-state index < -0.39 is 41.7 Å². The second-order valence-corrected chi connectivity index (χ2v) is 7.91. The van der Waals surface area contributed by atoms with Crippen LogP contribution in [-0.2, 0) is 10.3 Å². The Morgan fingerprint density at radius 3 is 2.89 bits per heavy atom. The Morgan fingerprint density at radius 1 is 1.44 bits per heavy atom. The van der Waals surface area contributed by atoms with E-state index in [2.05, 4.69) is 10.3 Å². The minimum absolute atomic E-state index is 0.163. The van der Waals surface area contributed by atoms with E-state index in [4.69, 9.17) is 22.1 Å². The second-order valence-electron chi connectivity index (χ2n) is 6.36. The maximum atomic E-state index is 14.5. The summed E-state index contributed by atoms with van der Waals surface area (Å²) in [4.78, 5) is 16.1. The first kappa shape index (κ1) is 18.1. The first-order valence-electron chi connectivity index (χ1n) is 7.97. The van der Waals surface area contributed by atoms with Crippen molar-refractivity contribution in [2.75, 3.05) is 5.32 Å². The van der Waals surface area contributed by atoms with Crippen molar-refractivity contribution in [1.29, 1.82) is 0 Å². The average Bonchev–Trinajstić information content (AvgIpc) is 3.26. The van der Waals surface area contributed by atoms with Crippen molar-refractivity contribution in [3.63, 3.8) is 0 Å². The number of fused-ring (bicyclic) bond motifs is 1. The largest absolute Gasteiger partial charge is 0.462 e. The molecule has 142 valence electrons. The third kappa shape index (κ3) is 3.04. The van der Waals surface area contributed by atoms with Crippen LogP contribution in [0, 0.1) is 11.7 Å². The fourth-order valence-electron chi connectivity index (χ4n) is 3.34. The van der Waals surface area contributed by atoms with Crippen LogP contribution in [-0.4, -0.2) is 24.5 Å². The van der Waals surface area contributed by atoms with Gasteiger partial charge in [-0.1, -0.05) is 11.6 Å². The van der Waals surface area contributed by atoms with E-state index in [1.807, 2.05) is 0 Å². The molecular formula is C17H13ClF3N3O2S. The summed E-state index contributed by atoms with van der Waals surface area (Å²) in [7, 11) is 0. The third-order valence-electron chi connectivity index (χ3n) is 4.68. The molecule has 1 aliphatic carbocycles. The van der Waals surface area contributed by atoms with Crippen LogP contribution in [0.5, 0.6) is 0 Å². The van der Waals surface area contributed by atoms with Crippen LogP contribution in [0.3, 0.4) is 0 Å². The molecule has 1 aromatic heterocycles. The van der Waals surface area contributed by atoms with Gasteiger partial charge in [0, 0.05) is 22.5 Å². The number of halogens is 4. The van der Waals surface area contributed by atoms with Gasteiger partial charge in [-0.05, 0) is 30.7 Å². The quantitative estimate of drug-likeness (QED) is 0.792. The van der Waals surface area contributed by atoms with E-state index in [0.29, 0.717) is 16.3 Å². The van der Waals surface area contributed by atoms with E-state index in [1.165, 1.54) is 29.5 Å². The van der Waals surface area contributed by atoms with Crippen molar-refractivity contribution >= 4 is 40.6 Å². The van der Waals surface area contributed by atoms with Crippen molar-refractivity contribution in [3.05, 3.63) is 50.9 Å². The number of hydrogen-bond donors (Lipinski definition) is 2.